The Morgan fingerprint density at radius 3 is 2.11 bits per heavy atom. The molecule has 0 aromatic carbocycles. The molecule has 18 heavy (non-hydrogen) atoms. The highest BCUT2D eigenvalue weighted by Gasteiger charge is 2.21. The van der Waals surface area contributed by atoms with Gasteiger partial charge in [0.25, 0.3) is 0 Å². The van der Waals surface area contributed by atoms with Crippen LogP contribution in [-0.2, 0) is 0 Å². The monoisotopic (exact) mass is 272 g/mol. The first-order chi connectivity index (χ1) is 8.76. The fourth-order valence-electron chi connectivity index (χ4n) is 1.94. The van der Waals surface area contributed by atoms with Gasteiger partial charge in [-0.3, -0.25) is 0 Å². The van der Waals surface area contributed by atoms with Crippen molar-refractivity contribution < 1.29 is 9.47 Å². The summed E-state index contributed by atoms with van der Waals surface area (Å²) in [4.78, 5) is 14.6. The maximum atomic E-state index is 5.87. The molecule has 1 fully saturated rings. The number of nitrogens with zero attached hydrogens (tertiary/aromatic N) is 4. The van der Waals surface area contributed by atoms with E-state index in [-0.39, 0.29) is 12.0 Å². The lowest BCUT2D eigenvalue weighted by molar-refractivity contribution is 0.338. The molecule has 1 aromatic rings. The summed E-state index contributed by atoms with van der Waals surface area (Å²) in [5.41, 5.74) is 0. The topological polar surface area (TPSA) is 60.4 Å². The molecule has 0 atom stereocenters. The van der Waals surface area contributed by atoms with Gasteiger partial charge in [0.05, 0.1) is 14.2 Å². The van der Waals surface area contributed by atoms with E-state index < -0.39 is 0 Å². The van der Waals surface area contributed by atoms with Crippen LogP contribution in [0.5, 0.6) is 12.0 Å². The smallest absolute Gasteiger partial charge is 0.324 e. The third-order valence-electron chi connectivity index (χ3n) is 3.06. The quantitative estimate of drug-likeness (QED) is 0.771. The van der Waals surface area contributed by atoms with Gasteiger partial charge in [-0.15, -0.1) is 16.6 Å². The van der Waals surface area contributed by atoms with Crippen molar-refractivity contribution in [2.24, 2.45) is 5.92 Å². The highest BCUT2D eigenvalue weighted by atomic mass is 35.5. The third-order valence-corrected chi connectivity index (χ3v) is 3.50. The molecule has 0 aliphatic carbocycles. The molecule has 100 valence electrons. The molecular formula is C11H17ClN4O2. The van der Waals surface area contributed by atoms with Crippen molar-refractivity contribution in [2.75, 3.05) is 38.1 Å². The third kappa shape index (κ3) is 2.93. The van der Waals surface area contributed by atoms with Gasteiger partial charge in [0, 0.05) is 19.0 Å². The molecule has 0 unspecified atom stereocenters. The van der Waals surface area contributed by atoms with Crippen LogP contribution in [0.4, 0.5) is 5.95 Å². The Morgan fingerprint density at radius 2 is 1.67 bits per heavy atom. The molecule has 1 aliphatic heterocycles. The minimum atomic E-state index is 0.274. The van der Waals surface area contributed by atoms with E-state index in [1.807, 2.05) is 0 Å². The number of halogens is 1. The van der Waals surface area contributed by atoms with E-state index in [9.17, 15) is 0 Å². The molecule has 2 heterocycles. The molecule has 1 aliphatic rings. The van der Waals surface area contributed by atoms with E-state index in [0.717, 1.165) is 31.8 Å². The summed E-state index contributed by atoms with van der Waals surface area (Å²) in [5.74, 6) is 1.91. The van der Waals surface area contributed by atoms with Gasteiger partial charge in [-0.25, -0.2) is 0 Å². The molecule has 0 saturated carbocycles. The first-order valence-electron chi connectivity index (χ1n) is 5.91. The standard InChI is InChI=1S/C11H17ClN4O2/c1-17-10-13-9(14-11(15-10)18-2)16-5-3-8(7-12)4-6-16/h8H,3-7H2,1-2H3. The van der Waals surface area contributed by atoms with E-state index >= 15 is 0 Å². The van der Waals surface area contributed by atoms with Crippen LogP contribution in [0.1, 0.15) is 12.8 Å². The van der Waals surface area contributed by atoms with Crippen LogP contribution >= 0.6 is 11.6 Å². The number of piperidine rings is 1. The minimum absolute atomic E-state index is 0.274. The Balaban J connectivity index is 2.13. The van der Waals surface area contributed by atoms with Crippen LogP contribution in [0.25, 0.3) is 0 Å². The van der Waals surface area contributed by atoms with Gasteiger partial charge >= 0.3 is 12.0 Å². The molecular weight excluding hydrogens is 256 g/mol. The van der Waals surface area contributed by atoms with Crippen molar-refractivity contribution in [1.29, 1.82) is 0 Å². The van der Waals surface area contributed by atoms with Gasteiger partial charge in [-0.2, -0.15) is 9.97 Å². The second-order valence-corrected chi connectivity index (χ2v) is 4.50. The van der Waals surface area contributed by atoms with Gasteiger partial charge < -0.3 is 14.4 Å². The lowest BCUT2D eigenvalue weighted by Crippen LogP contribution is -2.35. The van der Waals surface area contributed by atoms with Crippen molar-refractivity contribution in [3.8, 4) is 12.0 Å². The molecule has 0 N–H and O–H groups in total. The normalized spacial score (nSPS) is 16.7. The van der Waals surface area contributed by atoms with Gasteiger partial charge in [0.2, 0.25) is 5.95 Å². The SMILES string of the molecule is COc1nc(OC)nc(N2CCC(CCl)CC2)n1. The number of aromatic nitrogens is 3. The summed E-state index contributed by atoms with van der Waals surface area (Å²) < 4.78 is 10.1. The van der Waals surface area contributed by atoms with Crippen LogP contribution in [0.15, 0.2) is 0 Å². The fraction of sp³-hybridized carbons (Fsp3) is 0.727. The summed E-state index contributed by atoms with van der Waals surface area (Å²) in [6.45, 7) is 1.79. The molecule has 1 saturated heterocycles. The first kappa shape index (κ1) is 13.1. The highest BCUT2D eigenvalue weighted by Crippen LogP contribution is 2.23. The summed E-state index contributed by atoms with van der Waals surface area (Å²) in [6, 6.07) is 0.549. The van der Waals surface area contributed by atoms with Crippen molar-refractivity contribution in [3.05, 3.63) is 0 Å². The molecule has 0 radical (unpaired) electrons. The van der Waals surface area contributed by atoms with Crippen molar-refractivity contribution in [1.82, 2.24) is 15.0 Å². The Kier molecular flexibility index (Phi) is 4.41. The number of methoxy groups -OCH3 is 2. The van der Waals surface area contributed by atoms with Crippen LogP contribution in [0, 0.1) is 5.92 Å². The van der Waals surface area contributed by atoms with E-state index in [2.05, 4.69) is 19.9 Å². The second-order valence-electron chi connectivity index (χ2n) is 4.19. The maximum Gasteiger partial charge on any atom is 0.324 e. The lowest BCUT2D eigenvalue weighted by Gasteiger charge is -2.30. The summed E-state index contributed by atoms with van der Waals surface area (Å²) >= 11 is 5.87. The Labute approximate surface area is 111 Å². The van der Waals surface area contributed by atoms with Crippen LogP contribution < -0.4 is 14.4 Å². The number of anilines is 1. The average molecular weight is 273 g/mol. The van der Waals surface area contributed by atoms with Crippen LogP contribution in [0.3, 0.4) is 0 Å². The maximum absolute atomic E-state index is 5.87. The summed E-state index contributed by atoms with van der Waals surface area (Å²) in [5, 5.41) is 0. The van der Waals surface area contributed by atoms with Crippen LogP contribution in [0.2, 0.25) is 0 Å². The Morgan fingerprint density at radius 1 is 1.11 bits per heavy atom. The average Bonchev–Trinajstić information content (AvgIpc) is 2.46. The van der Waals surface area contributed by atoms with E-state index in [0.29, 0.717) is 11.9 Å². The number of alkyl halides is 1. The van der Waals surface area contributed by atoms with E-state index in [4.69, 9.17) is 21.1 Å². The van der Waals surface area contributed by atoms with Crippen molar-refractivity contribution in [2.45, 2.75) is 12.8 Å². The van der Waals surface area contributed by atoms with Gasteiger partial charge in [-0.05, 0) is 18.8 Å². The molecule has 0 bridgehead atoms. The van der Waals surface area contributed by atoms with Crippen molar-refractivity contribution >= 4 is 17.5 Å². The number of hydrogen-bond acceptors (Lipinski definition) is 6. The minimum Gasteiger partial charge on any atom is -0.467 e. The number of hydrogen-bond donors (Lipinski definition) is 0. The molecule has 6 nitrogen and oxygen atoms in total. The molecule has 0 amide bonds. The predicted molar refractivity (Wildman–Crippen MR) is 68.6 cm³/mol. The predicted octanol–water partition coefficient (Wildman–Crippen LogP) is 1.34. The molecule has 0 spiro atoms. The summed E-state index contributed by atoms with van der Waals surface area (Å²) in [7, 11) is 3.05. The highest BCUT2D eigenvalue weighted by molar-refractivity contribution is 6.18. The first-order valence-corrected chi connectivity index (χ1v) is 6.45. The van der Waals surface area contributed by atoms with E-state index in [1.165, 1.54) is 14.2 Å². The van der Waals surface area contributed by atoms with Gasteiger partial charge in [-0.1, -0.05) is 0 Å². The summed E-state index contributed by atoms with van der Waals surface area (Å²) in [6.07, 6.45) is 2.11. The van der Waals surface area contributed by atoms with Crippen LogP contribution in [-0.4, -0.2) is 48.1 Å². The van der Waals surface area contributed by atoms with E-state index in [1.54, 1.807) is 0 Å². The zero-order valence-corrected chi connectivity index (χ0v) is 11.4. The Bertz CT molecular complexity index is 374. The molecule has 1 aromatic heterocycles. The number of rotatable bonds is 4. The lowest BCUT2D eigenvalue weighted by atomic mass is 9.99. The Hall–Kier alpha value is -1.30. The fourth-order valence-corrected chi connectivity index (χ4v) is 2.25. The van der Waals surface area contributed by atoms with Gasteiger partial charge in [0.15, 0.2) is 0 Å². The second kappa shape index (κ2) is 6.04. The zero-order valence-electron chi connectivity index (χ0n) is 10.6. The molecule has 7 heteroatoms. The van der Waals surface area contributed by atoms with Gasteiger partial charge in [0.1, 0.15) is 0 Å². The number of ether oxygens (including phenoxy) is 2. The van der Waals surface area contributed by atoms with Crippen molar-refractivity contribution in [3.63, 3.8) is 0 Å². The zero-order chi connectivity index (χ0) is 13.0. The molecule has 2 rings (SSSR count). The largest absolute Gasteiger partial charge is 0.467 e.